The topological polar surface area (TPSA) is 54.0 Å². The van der Waals surface area contributed by atoms with Gasteiger partial charge >= 0.3 is 18.9 Å². The Morgan fingerprint density at radius 2 is 1.50 bits per heavy atom. The SMILES string of the molecule is CCCOc1ccc(PC(=O)c2c(OC)cc(OC)cc2OC)cc1.[LiH]. The van der Waals surface area contributed by atoms with Crippen molar-refractivity contribution in [3.05, 3.63) is 42.0 Å². The molecular formula is C19H24LiO5P. The maximum atomic E-state index is 12.8. The van der Waals surface area contributed by atoms with Gasteiger partial charge in [-0.25, -0.2) is 0 Å². The van der Waals surface area contributed by atoms with E-state index in [-0.39, 0.29) is 33.0 Å². The van der Waals surface area contributed by atoms with Crippen molar-refractivity contribution in [1.82, 2.24) is 0 Å². The number of carbonyl (C=O) groups is 1. The number of rotatable bonds is 9. The zero-order valence-electron chi connectivity index (χ0n) is 14.9. The van der Waals surface area contributed by atoms with Crippen LogP contribution in [0.1, 0.15) is 23.7 Å². The van der Waals surface area contributed by atoms with Gasteiger partial charge in [-0.3, -0.25) is 4.79 Å². The molecule has 2 aromatic carbocycles. The number of hydrogen-bond acceptors (Lipinski definition) is 5. The van der Waals surface area contributed by atoms with E-state index in [2.05, 4.69) is 6.92 Å². The van der Waals surface area contributed by atoms with E-state index in [0.29, 0.717) is 29.4 Å². The number of benzene rings is 2. The van der Waals surface area contributed by atoms with Crippen LogP contribution in [0.25, 0.3) is 0 Å². The predicted molar refractivity (Wildman–Crippen MR) is 108 cm³/mol. The van der Waals surface area contributed by atoms with Crippen molar-refractivity contribution in [3.8, 4) is 23.0 Å². The van der Waals surface area contributed by atoms with Gasteiger partial charge in [-0.2, -0.15) is 0 Å². The second kappa shape index (κ2) is 11.1. The molecule has 0 saturated heterocycles. The van der Waals surface area contributed by atoms with Gasteiger partial charge in [0.15, 0.2) is 5.52 Å². The van der Waals surface area contributed by atoms with Gasteiger partial charge < -0.3 is 18.9 Å². The van der Waals surface area contributed by atoms with Crippen molar-refractivity contribution in [1.29, 1.82) is 0 Å². The molecule has 1 atom stereocenters. The van der Waals surface area contributed by atoms with Crippen LogP contribution in [0.15, 0.2) is 36.4 Å². The minimum atomic E-state index is -0.0569. The van der Waals surface area contributed by atoms with Gasteiger partial charge in [-0.05, 0) is 32.4 Å². The summed E-state index contributed by atoms with van der Waals surface area (Å²) in [5.41, 5.74) is 0.369. The monoisotopic (exact) mass is 370 g/mol. The fourth-order valence-corrected chi connectivity index (χ4v) is 3.24. The summed E-state index contributed by atoms with van der Waals surface area (Å²) in [5, 5.41) is 0.925. The molecule has 0 aliphatic heterocycles. The standard InChI is InChI=1S/C19H23O5P.Li.H/c1-5-10-24-13-6-8-15(9-7-13)25-19(20)18-16(22-3)11-14(21-2)12-17(18)23-4;;/h6-9,11-12,25H,5,10H2,1-4H3;;. The van der Waals surface area contributed by atoms with Crippen molar-refractivity contribution in [2.75, 3.05) is 27.9 Å². The molecule has 0 spiro atoms. The summed E-state index contributed by atoms with van der Waals surface area (Å²) < 4.78 is 21.5. The first-order valence-electron chi connectivity index (χ1n) is 7.97. The molecule has 5 nitrogen and oxygen atoms in total. The van der Waals surface area contributed by atoms with Crippen molar-refractivity contribution in [2.45, 2.75) is 13.3 Å². The van der Waals surface area contributed by atoms with Crippen LogP contribution in [-0.4, -0.2) is 52.3 Å². The summed E-state index contributed by atoms with van der Waals surface area (Å²) >= 11 is 0. The van der Waals surface area contributed by atoms with Gasteiger partial charge in [-0.15, -0.1) is 0 Å². The van der Waals surface area contributed by atoms with Crippen LogP contribution in [0.3, 0.4) is 0 Å². The van der Waals surface area contributed by atoms with E-state index >= 15 is 0 Å². The van der Waals surface area contributed by atoms with Gasteiger partial charge in [0.1, 0.15) is 28.6 Å². The normalized spacial score (nSPS) is 10.3. The van der Waals surface area contributed by atoms with Gasteiger partial charge in [-0.1, -0.05) is 19.1 Å². The Kier molecular flexibility index (Phi) is 9.58. The average Bonchev–Trinajstić information content (AvgIpc) is 2.66. The van der Waals surface area contributed by atoms with E-state index in [4.69, 9.17) is 18.9 Å². The van der Waals surface area contributed by atoms with Gasteiger partial charge in [0, 0.05) is 12.1 Å². The van der Waals surface area contributed by atoms with Gasteiger partial charge in [0.05, 0.1) is 27.9 Å². The molecule has 0 aliphatic rings. The molecular weight excluding hydrogens is 346 g/mol. The van der Waals surface area contributed by atoms with Crippen LogP contribution in [-0.2, 0) is 0 Å². The first-order valence-corrected chi connectivity index (χ1v) is 8.97. The van der Waals surface area contributed by atoms with E-state index < -0.39 is 0 Å². The van der Waals surface area contributed by atoms with Gasteiger partial charge in [0.25, 0.3) is 0 Å². The molecule has 0 fully saturated rings. The summed E-state index contributed by atoms with van der Waals surface area (Å²) in [6, 6.07) is 10.9. The molecule has 2 rings (SSSR count). The Bertz CT molecular complexity index is 693. The maximum absolute atomic E-state index is 12.8. The molecule has 1 unspecified atom stereocenters. The number of carbonyl (C=O) groups excluding carboxylic acids is 1. The summed E-state index contributed by atoms with van der Waals surface area (Å²) in [6.45, 7) is 2.74. The third-order valence-corrected chi connectivity index (χ3v) is 4.63. The molecule has 0 N–H and O–H groups in total. The average molecular weight is 370 g/mol. The van der Waals surface area contributed by atoms with Crippen molar-refractivity contribution in [2.24, 2.45) is 0 Å². The first kappa shape index (κ1) is 22.4. The van der Waals surface area contributed by atoms with Crippen LogP contribution in [0, 0.1) is 0 Å². The molecule has 26 heavy (non-hydrogen) atoms. The Morgan fingerprint density at radius 1 is 0.923 bits per heavy atom. The van der Waals surface area contributed by atoms with E-state index in [1.807, 2.05) is 24.3 Å². The Hall–Kier alpha value is -1.66. The molecule has 0 aromatic heterocycles. The molecule has 0 aliphatic carbocycles. The Balaban J connectivity index is 0.00000338. The summed E-state index contributed by atoms with van der Waals surface area (Å²) in [7, 11) is 4.55. The number of hydrogen-bond donors (Lipinski definition) is 0. The zero-order valence-corrected chi connectivity index (χ0v) is 15.9. The molecule has 0 amide bonds. The molecule has 0 saturated carbocycles. The predicted octanol–water partition coefficient (Wildman–Crippen LogP) is 3.00. The first-order chi connectivity index (χ1) is 12.1. The molecule has 0 heterocycles. The van der Waals surface area contributed by atoms with E-state index in [9.17, 15) is 4.79 Å². The fourth-order valence-electron chi connectivity index (χ4n) is 2.28. The summed E-state index contributed by atoms with van der Waals surface area (Å²) in [6.07, 6.45) is 0.957. The number of ether oxygens (including phenoxy) is 4. The van der Waals surface area contributed by atoms with Crippen LogP contribution in [0.5, 0.6) is 23.0 Å². The molecule has 7 heteroatoms. The van der Waals surface area contributed by atoms with E-state index in [1.54, 1.807) is 19.2 Å². The molecule has 0 radical (unpaired) electrons. The number of methoxy groups -OCH3 is 3. The summed E-state index contributed by atoms with van der Waals surface area (Å²) in [4.78, 5) is 12.8. The fraction of sp³-hybridized carbons (Fsp3) is 0.316. The second-order valence-electron chi connectivity index (χ2n) is 5.23. The molecule has 0 bridgehead atoms. The van der Waals surface area contributed by atoms with Crippen LogP contribution >= 0.6 is 8.58 Å². The van der Waals surface area contributed by atoms with Crippen LogP contribution in [0.2, 0.25) is 0 Å². The molecule has 136 valence electrons. The van der Waals surface area contributed by atoms with E-state index in [1.165, 1.54) is 14.2 Å². The van der Waals surface area contributed by atoms with Crippen molar-refractivity contribution < 1.29 is 23.7 Å². The van der Waals surface area contributed by atoms with Crippen molar-refractivity contribution in [3.63, 3.8) is 0 Å². The van der Waals surface area contributed by atoms with E-state index in [0.717, 1.165) is 17.5 Å². The minimum absolute atomic E-state index is 0. The van der Waals surface area contributed by atoms with Gasteiger partial charge in [0.2, 0.25) is 0 Å². The quantitative estimate of drug-likeness (QED) is 0.502. The van der Waals surface area contributed by atoms with Crippen LogP contribution in [0.4, 0.5) is 0 Å². The summed E-state index contributed by atoms with van der Waals surface area (Å²) in [5.74, 6) is 2.27. The Morgan fingerprint density at radius 3 is 1.96 bits per heavy atom. The third-order valence-electron chi connectivity index (χ3n) is 3.53. The third kappa shape index (κ3) is 5.67. The van der Waals surface area contributed by atoms with Crippen LogP contribution < -0.4 is 24.3 Å². The second-order valence-corrected chi connectivity index (χ2v) is 6.52. The molecule has 2 aromatic rings. The zero-order chi connectivity index (χ0) is 18.2. The van der Waals surface area contributed by atoms with Crippen molar-refractivity contribution >= 4 is 38.3 Å². The Labute approximate surface area is 168 Å².